The molecule has 0 saturated carbocycles. The maximum Gasteiger partial charge on any atom is 0.0197 e. The van der Waals surface area contributed by atoms with Crippen molar-refractivity contribution in [2.24, 2.45) is 0 Å². The summed E-state index contributed by atoms with van der Waals surface area (Å²) in [6.07, 6.45) is 3.45. The quantitative estimate of drug-likeness (QED) is 0.842. The maximum atomic E-state index is 3.40. The predicted molar refractivity (Wildman–Crippen MR) is 96.7 cm³/mol. The smallest absolute Gasteiger partial charge is 0.0197 e. The highest BCUT2D eigenvalue weighted by atomic mass is 32.2. The third-order valence-corrected chi connectivity index (χ3v) is 5.35. The van der Waals surface area contributed by atoms with Crippen molar-refractivity contribution in [2.45, 2.75) is 37.0 Å². The molecule has 1 aliphatic heterocycles. The average Bonchev–Trinajstić information content (AvgIpc) is 2.52. The molecule has 0 atom stereocenters. The van der Waals surface area contributed by atoms with Gasteiger partial charge in [0.15, 0.2) is 0 Å². The third-order valence-electron chi connectivity index (χ3n) is 4.10. The van der Waals surface area contributed by atoms with E-state index >= 15 is 0 Å². The molecule has 0 bridgehead atoms. The lowest BCUT2D eigenvalue weighted by atomic mass is 9.99. The highest BCUT2D eigenvalue weighted by Gasteiger charge is 2.12. The molecule has 22 heavy (non-hydrogen) atoms. The van der Waals surface area contributed by atoms with Crippen molar-refractivity contribution in [3.63, 3.8) is 0 Å². The highest BCUT2D eigenvalue weighted by molar-refractivity contribution is 7.99. The molecule has 0 spiro atoms. The Bertz CT molecular complexity index is 716. The van der Waals surface area contributed by atoms with Crippen molar-refractivity contribution in [3.8, 4) is 0 Å². The summed E-state index contributed by atoms with van der Waals surface area (Å²) in [5, 5.41) is 3.40. The first-order valence-electron chi connectivity index (χ1n) is 7.89. The van der Waals surface area contributed by atoms with Crippen LogP contribution in [0.2, 0.25) is 0 Å². The summed E-state index contributed by atoms with van der Waals surface area (Å²) in [4.78, 5) is 2.72. The van der Waals surface area contributed by atoms with Crippen LogP contribution in [0.3, 0.4) is 0 Å². The topological polar surface area (TPSA) is 12.0 Å². The van der Waals surface area contributed by atoms with Gasteiger partial charge in [-0.15, -0.1) is 0 Å². The summed E-state index contributed by atoms with van der Waals surface area (Å²) in [6.45, 7) is 8.59. The van der Waals surface area contributed by atoms with Gasteiger partial charge in [0.25, 0.3) is 0 Å². The second-order valence-corrected chi connectivity index (χ2v) is 7.14. The number of hydrogen-bond acceptors (Lipinski definition) is 2. The number of hydrogen-bond donors (Lipinski definition) is 1. The van der Waals surface area contributed by atoms with Crippen molar-refractivity contribution in [1.82, 2.24) is 5.32 Å². The van der Waals surface area contributed by atoms with Gasteiger partial charge in [0.1, 0.15) is 0 Å². The van der Waals surface area contributed by atoms with Crippen LogP contribution in [-0.4, -0.2) is 13.1 Å². The molecule has 2 aromatic carbocycles. The molecule has 0 saturated heterocycles. The van der Waals surface area contributed by atoms with E-state index in [1.54, 1.807) is 0 Å². The zero-order valence-electron chi connectivity index (χ0n) is 13.6. The number of benzene rings is 2. The van der Waals surface area contributed by atoms with Gasteiger partial charge in [-0.25, -0.2) is 0 Å². The molecule has 0 radical (unpaired) electrons. The van der Waals surface area contributed by atoms with Gasteiger partial charge in [-0.1, -0.05) is 53.2 Å². The second-order valence-electron chi connectivity index (χ2n) is 6.05. The fourth-order valence-electron chi connectivity index (χ4n) is 2.88. The van der Waals surface area contributed by atoms with Gasteiger partial charge in [-0.05, 0) is 62.6 Å². The molecule has 1 nitrogen and oxygen atoms in total. The second kappa shape index (κ2) is 6.72. The SMILES string of the molecule is Cc1ccc(Sc2ccc(C)cc2C2=CCNCC2)c(C)c1. The van der Waals surface area contributed by atoms with E-state index in [0.717, 1.165) is 19.5 Å². The van der Waals surface area contributed by atoms with Gasteiger partial charge in [-0.2, -0.15) is 0 Å². The Morgan fingerprint density at radius 2 is 1.64 bits per heavy atom. The highest BCUT2D eigenvalue weighted by Crippen LogP contribution is 2.37. The molecule has 3 rings (SSSR count). The van der Waals surface area contributed by atoms with Gasteiger partial charge in [0.2, 0.25) is 0 Å². The number of rotatable bonds is 3. The van der Waals surface area contributed by atoms with Crippen LogP contribution in [0.5, 0.6) is 0 Å². The van der Waals surface area contributed by atoms with Gasteiger partial charge < -0.3 is 5.32 Å². The van der Waals surface area contributed by atoms with Crippen LogP contribution in [0.1, 0.15) is 28.7 Å². The Labute approximate surface area is 137 Å². The zero-order valence-corrected chi connectivity index (χ0v) is 14.4. The molecule has 2 aromatic rings. The van der Waals surface area contributed by atoms with E-state index in [4.69, 9.17) is 0 Å². The molecule has 0 aromatic heterocycles. The van der Waals surface area contributed by atoms with E-state index in [0.29, 0.717) is 0 Å². The summed E-state index contributed by atoms with van der Waals surface area (Å²) < 4.78 is 0. The molecule has 0 amide bonds. The number of aryl methyl sites for hydroxylation is 3. The Balaban J connectivity index is 1.98. The average molecular weight is 309 g/mol. The van der Waals surface area contributed by atoms with Gasteiger partial charge in [-0.3, -0.25) is 0 Å². The fraction of sp³-hybridized carbons (Fsp3) is 0.300. The Morgan fingerprint density at radius 3 is 2.32 bits per heavy atom. The molecule has 114 valence electrons. The van der Waals surface area contributed by atoms with Crippen molar-refractivity contribution in [3.05, 3.63) is 64.7 Å². The van der Waals surface area contributed by atoms with E-state index in [-0.39, 0.29) is 0 Å². The lowest BCUT2D eigenvalue weighted by Gasteiger charge is -2.18. The summed E-state index contributed by atoms with van der Waals surface area (Å²) >= 11 is 1.89. The Hall–Kier alpha value is -1.51. The van der Waals surface area contributed by atoms with Crippen LogP contribution in [0.4, 0.5) is 0 Å². The van der Waals surface area contributed by atoms with Crippen molar-refractivity contribution >= 4 is 17.3 Å². The van der Waals surface area contributed by atoms with E-state index < -0.39 is 0 Å². The van der Waals surface area contributed by atoms with E-state index in [1.165, 1.54) is 37.6 Å². The zero-order chi connectivity index (χ0) is 15.5. The first kappa shape index (κ1) is 15.4. The normalized spacial score (nSPS) is 14.8. The standard InChI is InChI=1S/C20H23NS/c1-14-4-6-19(16(3)12-14)22-20-7-5-15(2)13-18(20)17-8-10-21-11-9-17/h4-8,12-13,21H,9-11H2,1-3H3. The van der Waals surface area contributed by atoms with Crippen LogP contribution in [0.15, 0.2) is 52.3 Å². The van der Waals surface area contributed by atoms with Crippen LogP contribution in [-0.2, 0) is 0 Å². The van der Waals surface area contributed by atoms with Crippen molar-refractivity contribution < 1.29 is 0 Å². The van der Waals surface area contributed by atoms with Gasteiger partial charge >= 0.3 is 0 Å². The summed E-state index contributed by atoms with van der Waals surface area (Å²) in [5.74, 6) is 0. The van der Waals surface area contributed by atoms with Crippen molar-refractivity contribution in [2.75, 3.05) is 13.1 Å². The molecule has 0 aliphatic carbocycles. The summed E-state index contributed by atoms with van der Waals surface area (Å²) in [5.41, 5.74) is 6.91. The van der Waals surface area contributed by atoms with E-state index in [9.17, 15) is 0 Å². The maximum absolute atomic E-state index is 3.40. The predicted octanol–water partition coefficient (Wildman–Crippen LogP) is 5.14. The largest absolute Gasteiger partial charge is 0.313 e. The fourth-order valence-corrected chi connectivity index (χ4v) is 3.91. The molecule has 1 aliphatic rings. The minimum atomic E-state index is 0.983. The molecule has 1 heterocycles. The van der Waals surface area contributed by atoms with E-state index in [1.807, 2.05) is 11.8 Å². The minimum absolute atomic E-state index is 0.983. The lowest BCUT2D eigenvalue weighted by molar-refractivity contribution is 0.737. The third kappa shape index (κ3) is 3.45. The molecule has 0 unspecified atom stereocenters. The first-order chi connectivity index (χ1) is 10.6. The first-order valence-corrected chi connectivity index (χ1v) is 8.71. The van der Waals surface area contributed by atoms with Crippen LogP contribution >= 0.6 is 11.8 Å². The van der Waals surface area contributed by atoms with Gasteiger partial charge in [0.05, 0.1) is 0 Å². The van der Waals surface area contributed by atoms with Gasteiger partial charge in [0, 0.05) is 16.3 Å². The van der Waals surface area contributed by atoms with Crippen LogP contribution in [0, 0.1) is 20.8 Å². The lowest BCUT2D eigenvalue weighted by Crippen LogP contribution is -2.20. The monoisotopic (exact) mass is 309 g/mol. The Kier molecular flexibility index (Phi) is 4.70. The van der Waals surface area contributed by atoms with Crippen LogP contribution < -0.4 is 5.32 Å². The minimum Gasteiger partial charge on any atom is -0.313 e. The molecular formula is C20H23NS. The summed E-state index contributed by atoms with van der Waals surface area (Å²) in [6, 6.07) is 13.5. The Morgan fingerprint density at radius 1 is 0.909 bits per heavy atom. The molecule has 1 N–H and O–H groups in total. The summed E-state index contributed by atoms with van der Waals surface area (Å²) in [7, 11) is 0. The number of nitrogens with one attached hydrogen (secondary N) is 1. The van der Waals surface area contributed by atoms with E-state index in [2.05, 4.69) is 68.6 Å². The molecular weight excluding hydrogens is 286 g/mol. The van der Waals surface area contributed by atoms with Crippen LogP contribution in [0.25, 0.3) is 5.57 Å². The van der Waals surface area contributed by atoms with Crippen molar-refractivity contribution in [1.29, 1.82) is 0 Å². The molecule has 0 fully saturated rings. The molecule has 2 heteroatoms.